The SMILES string of the molecule is CCCCCCCCCCCCCCCCCCCCCCCCC(=O)O[C@H](COC(=O)CCCCCCCCCCCCCCCCCCCCC)COP(=O)(O)OC[C@@H](O)COP(=O)(O)OC[C@@H](COC(=O)CCCCCCCCCCCCC)OC(=O)CCCCCCCCCCCCCCCCC(C)CC. The van der Waals surface area contributed by atoms with Gasteiger partial charge < -0.3 is 33.8 Å². The van der Waals surface area contributed by atoms with E-state index in [2.05, 4.69) is 34.6 Å². The molecule has 0 aliphatic heterocycles. The molecule has 0 aromatic carbocycles. The Kier molecular flexibility index (Phi) is 82.1. The highest BCUT2D eigenvalue weighted by Crippen LogP contribution is 2.45. The van der Waals surface area contributed by atoms with Crippen molar-refractivity contribution in [3.8, 4) is 0 Å². The van der Waals surface area contributed by atoms with E-state index in [0.29, 0.717) is 25.7 Å². The minimum atomic E-state index is -4.97. The predicted molar refractivity (Wildman–Crippen MR) is 455 cm³/mol. The Hall–Kier alpha value is -1.94. The molecular formula is C91H178O17P2. The van der Waals surface area contributed by atoms with Gasteiger partial charge in [-0.1, -0.05) is 446 Å². The molecule has 0 saturated heterocycles. The molecule has 0 aromatic rings. The van der Waals surface area contributed by atoms with Crippen molar-refractivity contribution in [2.45, 2.75) is 515 Å². The Morgan fingerprint density at radius 2 is 0.436 bits per heavy atom. The van der Waals surface area contributed by atoms with Gasteiger partial charge >= 0.3 is 39.5 Å². The van der Waals surface area contributed by atoms with Crippen molar-refractivity contribution in [1.82, 2.24) is 0 Å². The highest BCUT2D eigenvalue weighted by atomic mass is 31.2. The van der Waals surface area contributed by atoms with E-state index in [1.54, 1.807) is 0 Å². The number of phosphoric ester groups is 2. The van der Waals surface area contributed by atoms with Crippen molar-refractivity contribution in [2.75, 3.05) is 39.6 Å². The van der Waals surface area contributed by atoms with Gasteiger partial charge in [-0.3, -0.25) is 37.3 Å². The molecule has 3 unspecified atom stereocenters. The fourth-order valence-electron chi connectivity index (χ4n) is 14.3. The molecule has 0 aromatic heterocycles. The van der Waals surface area contributed by atoms with Crippen molar-refractivity contribution < 1.29 is 80.2 Å². The summed E-state index contributed by atoms with van der Waals surface area (Å²) in [6, 6.07) is 0. The Morgan fingerprint density at radius 3 is 0.645 bits per heavy atom. The summed E-state index contributed by atoms with van der Waals surface area (Å²) in [7, 11) is -9.93. The fourth-order valence-corrected chi connectivity index (χ4v) is 15.9. The van der Waals surface area contributed by atoms with Gasteiger partial charge in [-0.25, -0.2) is 9.13 Å². The number of unbranched alkanes of at least 4 members (excludes halogenated alkanes) is 62. The average Bonchev–Trinajstić information content (AvgIpc) is 0.901. The van der Waals surface area contributed by atoms with Crippen molar-refractivity contribution in [3.05, 3.63) is 0 Å². The van der Waals surface area contributed by atoms with Gasteiger partial charge in [-0.15, -0.1) is 0 Å². The van der Waals surface area contributed by atoms with Crippen molar-refractivity contribution in [2.24, 2.45) is 5.92 Å². The van der Waals surface area contributed by atoms with Crippen LogP contribution in [0.3, 0.4) is 0 Å². The van der Waals surface area contributed by atoms with Crippen LogP contribution >= 0.6 is 15.6 Å². The Morgan fingerprint density at radius 1 is 0.255 bits per heavy atom. The van der Waals surface area contributed by atoms with Crippen LogP contribution in [0.2, 0.25) is 0 Å². The molecule has 0 aliphatic carbocycles. The number of ether oxygens (including phenoxy) is 4. The third-order valence-corrected chi connectivity index (χ3v) is 23.8. The van der Waals surface area contributed by atoms with E-state index in [-0.39, 0.29) is 25.7 Å². The molecule has 0 radical (unpaired) electrons. The molecule has 0 rings (SSSR count). The second-order valence-corrected chi connectivity index (χ2v) is 35.8. The summed E-state index contributed by atoms with van der Waals surface area (Å²) in [6.07, 6.45) is 79.2. The molecular weight excluding hydrogens is 1430 g/mol. The molecule has 0 bridgehead atoms. The summed E-state index contributed by atoms with van der Waals surface area (Å²) in [5.74, 6) is -1.25. The van der Waals surface area contributed by atoms with Crippen LogP contribution in [0, 0.1) is 5.92 Å². The van der Waals surface area contributed by atoms with E-state index in [9.17, 15) is 43.2 Å². The zero-order valence-electron chi connectivity index (χ0n) is 72.4. The molecule has 0 amide bonds. The first-order valence-corrected chi connectivity index (χ1v) is 50.2. The average molecular weight is 1610 g/mol. The topological polar surface area (TPSA) is 237 Å². The van der Waals surface area contributed by atoms with Crippen LogP contribution in [0.15, 0.2) is 0 Å². The fraction of sp³-hybridized carbons (Fsp3) is 0.956. The zero-order chi connectivity index (χ0) is 80.4. The summed E-state index contributed by atoms with van der Waals surface area (Å²) < 4.78 is 69.1. The maximum Gasteiger partial charge on any atom is 0.472 e. The van der Waals surface area contributed by atoms with E-state index in [4.69, 9.17) is 37.0 Å². The van der Waals surface area contributed by atoms with E-state index in [1.807, 2.05) is 0 Å². The summed E-state index contributed by atoms with van der Waals surface area (Å²) in [5.41, 5.74) is 0. The number of aliphatic hydroxyl groups excluding tert-OH is 1. The smallest absolute Gasteiger partial charge is 0.462 e. The minimum Gasteiger partial charge on any atom is -0.462 e. The van der Waals surface area contributed by atoms with Gasteiger partial charge in [-0.2, -0.15) is 0 Å². The molecule has 0 spiro atoms. The van der Waals surface area contributed by atoms with Gasteiger partial charge in [0.1, 0.15) is 19.3 Å². The number of hydrogen-bond acceptors (Lipinski definition) is 15. The minimum absolute atomic E-state index is 0.109. The van der Waals surface area contributed by atoms with Gasteiger partial charge in [0, 0.05) is 25.7 Å². The van der Waals surface area contributed by atoms with Crippen LogP contribution in [0.1, 0.15) is 497 Å². The van der Waals surface area contributed by atoms with Crippen LogP contribution in [-0.2, 0) is 65.4 Å². The number of aliphatic hydroxyl groups is 1. The number of hydrogen-bond donors (Lipinski definition) is 3. The lowest BCUT2D eigenvalue weighted by molar-refractivity contribution is -0.161. The summed E-state index contributed by atoms with van der Waals surface area (Å²) in [6.45, 7) is 7.44. The lowest BCUT2D eigenvalue weighted by atomic mass is 9.99. The Bertz CT molecular complexity index is 2080. The largest absolute Gasteiger partial charge is 0.472 e. The molecule has 0 aliphatic rings. The van der Waals surface area contributed by atoms with Gasteiger partial charge in [-0.05, 0) is 31.6 Å². The predicted octanol–water partition coefficient (Wildman–Crippen LogP) is 28.3. The molecule has 6 atom stereocenters. The van der Waals surface area contributed by atoms with Crippen molar-refractivity contribution >= 4 is 39.5 Å². The number of carbonyl (C=O) groups excluding carboxylic acids is 4. The van der Waals surface area contributed by atoms with E-state index < -0.39 is 97.5 Å². The third kappa shape index (κ3) is 82.6. The number of carbonyl (C=O) groups is 4. The molecule has 0 fully saturated rings. The van der Waals surface area contributed by atoms with Gasteiger partial charge in [0.2, 0.25) is 0 Å². The molecule has 17 nitrogen and oxygen atoms in total. The highest BCUT2D eigenvalue weighted by Gasteiger charge is 2.31. The maximum absolute atomic E-state index is 13.2. The van der Waals surface area contributed by atoms with Crippen LogP contribution in [0.5, 0.6) is 0 Å². The molecule has 19 heteroatoms. The molecule has 110 heavy (non-hydrogen) atoms. The van der Waals surface area contributed by atoms with Crippen LogP contribution in [0.4, 0.5) is 0 Å². The normalized spacial score (nSPS) is 13.9. The Balaban J connectivity index is 5.23. The monoisotopic (exact) mass is 1610 g/mol. The van der Waals surface area contributed by atoms with E-state index in [1.165, 1.54) is 321 Å². The first kappa shape index (κ1) is 108. The van der Waals surface area contributed by atoms with Crippen molar-refractivity contribution in [3.63, 3.8) is 0 Å². The van der Waals surface area contributed by atoms with Gasteiger partial charge in [0.05, 0.1) is 26.4 Å². The quantitative estimate of drug-likeness (QED) is 0.0222. The number of rotatable bonds is 91. The second-order valence-electron chi connectivity index (χ2n) is 32.9. The zero-order valence-corrected chi connectivity index (χ0v) is 74.2. The number of phosphoric acid groups is 2. The third-order valence-electron chi connectivity index (χ3n) is 21.9. The molecule has 0 saturated carbocycles. The number of esters is 4. The second kappa shape index (κ2) is 83.5. The van der Waals surface area contributed by atoms with Gasteiger partial charge in [0.25, 0.3) is 0 Å². The summed E-state index contributed by atoms with van der Waals surface area (Å²) >= 11 is 0. The van der Waals surface area contributed by atoms with E-state index in [0.717, 1.165) is 95.8 Å². The van der Waals surface area contributed by atoms with Crippen LogP contribution in [0.25, 0.3) is 0 Å². The first-order chi connectivity index (χ1) is 53.6. The van der Waals surface area contributed by atoms with Crippen molar-refractivity contribution in [1.29, 1.82) is 0 Å². The summed E-state index contributed by atoms with van der Waals surface area (Å²) in [4.78, 5) is 73.4. The van der Waals surface area contributed by atoms with Crippen LogP contribution in [-0.4, -0.2) is 96.7 Å². The van der Waals surface area contributed by atoms with Gasteiger partial charge in [0.15, 0.2) is 12.2 Å². The lowest BCUT2D eigenvalue weighted by Crippen LogP contribution is -2.30. The standard InChI is InChI=1S/C91H178O17P2/c1-6-10-13-16-19-22-25-27-29-31-33-34-35-37-39-41-46-51-56-61-66-71-76-90(95)108-87(81-102-89(94)75-70-65-60-55-50-45-40-38-36-32-30-28-26-23-20-17-14-11-7-2)83-106-110(99,100)104-79-85(92)78-103-109(97,98)105-82-86(80-101-88(93)74-69-64-59-54-48-24-21-18-15-12-8-3)107-91(96)77-72-67-62-57-52-47-43-42-44-49-53-58-63-68-73-84(5)9-4/h84-87,92H,6-83H2,1-5H3,(H,97,98)(H,99,100)/t84?,85-,86+,87+/m0/s1. The molecule has 654 valence electrons. The first-order valence-electron chi connectivity index (χ1n) is 47.2. The van der Waals surface area contributed by atoms with E-state index >= 15 is 0 Å². The van der Waals surface area contributed by atoms with Crippen LogP contribution < -0.4 is 0 Å². The Labute approximate surface area is 677 Å². The molecule has 0 heterocycles. The summed E-state index contributed by atoms with van der Waals surface area (Å²) in [5, 5.41) is 10.7. The lowest BCUT2D eigenvalue weighted by Gasteiger charge is -2.21. The maximum atomic E-state index is 13.2. The highest BCUT2D eigenvalue weighted by molar-refractivity contribution is 7.47. The molecule has 3 N–H and O–H groups in total.